The molecule has 0 saturated carbocycles. The number of hydrogen-bond donors (Lipinski definition) is 2. The van der Waals surface area contributed by atoms with Crippen molar-refractivity contribution in [1.82, 2.24) is 5.32 Å². The number of esters is 1. The molecule has 0 aliphatic carbocycles. The van der Waals surface area contributed by atoms with Gasteiger partial charge in [0.1, 0.15) is 5.60 Å². The maximum atomic E-state index is 13.0. The molecule has 3 aromatic rings. The van der Waals surface area contributed by atoms with E-state index >= 15 is 0 Å². The summed E-state index contributed by atoms with van der Waals surface area (Å²) >= 11 is 13.3. The van der Waals surface area contributed by atoms with Gasteiger partial charge in [-0.1, -0.05) is 23.2 Å². The Labute approximate surface area is 220 Å². The number of nitrogens with zero attached hydrogens (tertiary/aromatic N) is 1. The lowest BCUT2D eigenvalue weighted by atomic mass is 10.0. The van der Waals surface area contributed by atoms with Crippen LogP contribution in [-0.4, -0.2) is 28.3 Å². The van der Waals surface area contributed by atoms with E-state index in [1.807, 2.05) is 0 Å². The van der Waals surface area contributed by atoms with Crippen LogP contribution >= 0.6 is 34.5 Å². The van der Waals surface area contributed by atoms with Crippen molar-refractivity contribution in [2.45, 2.75) is 32.9 Å². The molecule has 12 heteroatoms. The number of non-ortho nitro benzene ring substituents is 1. The molecule has 0 spiro atoms. The van der Waals surface area contributed by atoms with E-state index in [2.05, 4.69) is 10.6 Å². The second-order valence-electron chi connectivity index (χ2n) is 8.53. The predicted octanol–water partition coefficient (Wildman–Crippen LogP) is 6.10. The Morgan fingerprint density at radius 1 is 1.03 bits per heavy atom. The number of amides is 2. The Kier molecular flexibility index (Phi) is 8.34. The van der Waals surface area contributed by atoms with Gasteiger partial charge >= 0.3 is 5.97 Å². The summed E-state index contributed by atoms with van der Waals surface area (Å²) in [5, 5.41) is 16.5. The van der Waals surface area contributed by atoms with Crippen LogP contribution in [0.2, 0.25) is 9.36 Å². The number of nitro groups is 1. The number of hydrogen-bond acceptors (Lipinski definition) is 7. The molecule has 2 amide bonds. The van der Waals surface area contributed by atoms with Crippen LogP contribution in [0.3, 0.4) is 0 Å². The van der Waals surface area contributed by atoms with Gasteiger partial charge in [0.05, 0.1) is 25.4 Å². The minimum Gasteiger partial charge on any atom is -0.456 e. The number of nitrogens with one attached hydrogen (secondary N) is 2. The van der Waals surface area contributed by atoms with Gasteiger partial charge in [0.15, 0.2) is 0 Å². The first-order valence-corrected chi connectivity index (χ1v) is 12.1. The third-order valence-electron chi connectivity index (χ3n) is 4.62. The zero-order valence-electron chi connectivity index (χ0n) is 19.4. The molecule has 0 bridgehead atoms. The maximum Gasteiger partial charge on any atom is 0.340 e. The van der Waals surface area contributed by atoms with Crippen molar-refractivity contribution in [3.05, 3.63) is 89.6 Å². The Morgan fingerprint density at radius 3 is 2.25 bits per heavy atom. The predicted molar refractivity (Wildman–Crippen MR) is 138 cm³/mol. The molecule has 0 atom stereocenters. The zero-order valence-corrected chi connectivity index (χ0v) is 21.7. The molecule has 188 valence electrons. The molecule has 0 aliphatic rings. The summed E-state index contributed by atoms with van der Waals surface area (Å²) < 4.78 is 5.93. The highest BCUT2D eigenvalue weighted by molar-refractivity contribution is 7.18. The first kappa shape index (κ1) is 27.1. The molecule has 36 heavy (non-hydrogen) atoms. The topological polar surface area (TPSA) is 128 Å². The second-order valence-corrected chi connectivity index (χ2v) is 10.7. The summed E-state index contributed by atoms with van der Waals surface area (Å²) in [5.41, 5.74) is -0.475. The standard InChI is InChI=1S/C24H21Cl2N3O6S/c1-24(2,3)35-23(32)17-11-15(25)10-14(12-27-22(31)18-8-9-19(26)36-18)20(17)28-21(30)13-4-6-16(7-5-13)29(33)34/h4-11H,12H2,1-3H3,(H,27,31)(H,28,30). The molecule has 2 aromatic carbocycles. The van der Waals surface area contributed by atoms with Crippen LogP contribution in [0, 0.1) is 10.1 Å². The van der Waals surface area contributed by atoms with Crippen molar-refractivity contribution in [3.63, 3.8) is 0 Å². The van der Waals surface area contributed by atoms with E-state index < -0.39 is 28.3 Å². The number of anilines is 1. The fraction of sp³-hybridized carbons (Fsp3) is 0.208. The first-order chi connectivity index (χ1) is 16.8. The molecule has 0 saturated heterocycles. The van der Waals surface area contributed by atoms with E-state index in [1.54, 1.807) is 32.9 Å². The third kappa shape index (κ3) is 7.03. The summed E-state index contributed by atoms with van der Waals surface area (Å²) in [6.45, 7) is 4.99. The normalized spacial score (nSPS) is 11.0. The summed E-state index contributed by atoms with van der Waals surface area (Å²) in [7, 11) is 0. The molecular formula is C24H21Cl2N3O6S. The minimum absolute atomic E-state index is 0.0175. The van der Waals surface area contributed by atoms with Crippen LogP contribution in [0.15, 0.2) is 48.5 Å². The number of carbonyl (C=O) groups is 3. The lowest BCUT2D eigenvalue weighted by Crippen LogP contribution is -2.27. The monoisotopic (exact) mass is 549 g/mol. The maximum absolute atomic E-state index is 13.0. The fourth-order valence-electron chi connectivity index (χ4n) is 3.06. The Hall–Kier alpha value is -3.47. The lowest BCUT2D eigenvalue weighted by Gasteiger charge is -2.22. The molecule has 0 radical (unpaired) electrons. The average Bonchev–Trinajstić information content (AvgIpc) is 3.23. The number of carbonyl (C=O) groups excluding carboxylic acids is 3. The van der Waals surface area contributed by atoms with Gasteiger partial charge in [-0.2, -0.15) is 0 Å². The number of nitro benzene ring substituents is 1. The van der Waals surface area contributed by atoms with Crippen molar-refractivity contribution in [1.29, 1.82) is 0 Å². The van der Waals surface area contributed by atoms with Gasteiger partial charge in [-0.25, -0.2) is 4.79 Å². The molecule has 0 fully saturated rings. The smallest absolute Gasteiger partial charge is 0.340 e. The number of rotatable bonds is 7. The number of ether oxygens (including phenoxy) is 1. The molecule has 1 heterocycles. The summed E-state index contributed by atoms with van der Waals surface area (Å²) in [6.07, 6.45) is 0. The van der Waals surface area contributed by atoms with Gasteiger partial charge in [-0.3, -0.25) is 19.7 Å². The van der Waals surface area contributed by atoms with Crippen LogP contribution < -0.4 is 10.6 Å². The minimum atomic E-state index is -0.828. The Balaban J connectivity index is 1.96. The molecule has 1 aromatic heterocycles. The van der Waals surface area contributed by atoms with Crippen LogP contribution in [0.4, 0.5) is 11.4 Å². The van der Waals surface area contributed by atoms with E-state index in [1.165, 1.54) is 36.4 Å². The molecule has 0 unspecified atom stereocenters. The first-order valence-electron chi connectivity index (χ1n) is 10.5. The third-order valence-corrected chi connectivity index (χ3v) is 6.07. The van der Waals surface area contributed by atoms with E-state index in [-0.39, 0.29) is 34.1 Å². The van der Waals surface area contributed by atoms with Crippen molar-refractivity contribution in [2.24, 2.45) is 0 Å². The Bertz CT molecular complexity index is 1330. The number of halogens is 2. The summed E-state index contributed by atoms with van der Waals surface area (Å²) in [5.74, 6) is -1.77. The largest absolute Gasteiger partial charge is 0.456 e. The molecule has 0 aliphatic heterocycles. The zero-order chi connectivity index (χ0) is 26.6. The molecule has 2 N–H and O–H groups in total. The summed E-state index contributed by atoms with van der Waals surface area (Å²) in [4.78, 5) is 49.2. The van der Waals surface area contributed by atoms with Crippen LogP contribution in [0.1, 0.15) is 56.7 Å². The highest BCUT2D eigenvalue weighted by Gasteiger charge is 2.25. The van der Waals surface area contributed by atoms with Crippen molar-refractivity contribution >= 4 is 63.7 Å². The van der Waals surface area contributed by atoms with E-state index in [9.17, 15) is 24.5 Å². The van der Waals surface area contributed by atoms with Gasteiger partial charge in [0.2, 0.25) is 0 Å². The molecule has 3 rings (SSSR count). The highest BCUT2D eigenvalue weighted by atomic mass is 35.5. The SMILES string of the molecule is CC(C)(C)OC(=O)c1cc(Cl)cc(CNC(=O)c2ccc(Cl)s2)c1NC(=O)c1ccc([N+](=O)[O-])cc1. The van der Waals surface area contributed by atoms with Crippen molar-refractivity contribution in [2.75, 3.05) is 5.32 Å². The van der Waals surface area contributed by atoms with Gasteiger partial charge in [0, 0.05) is 29.3 Å². The average molecular weight is 550 g/mol. The van der Waals surface area contributed by atoms with Gasteiger partial charge in [0.25, 0.3) is 17.5 Å². The van der Waals surface area contributed by atoms with Crippen molar-refractivity contribution in [3.8, 4) is 0 Å². The van der Waals surface area contributed by atoms with E-state index in [4.69, 9.17) is 27.9 Å². The van der Waals surface area contributed by atoms with Gasteiger partial charge in [-0.05, 0) is 62.7 Å². The number of thiophene rings is 1. The van der Waals surface area contributed by atoms with Crippen LogP contribution in [0.5, 0.6) is 0 Å². The lowest BCUT2D eigenvalue weighted by molar-refractivity contribution is -0.384. The second kappa shape index (κ2) is 11.1. The molecule has 9 nitrogen and oxygen atoms in total. The van der Waals surface area contributed by atoms with Crippen molar-refractivity contribution < 1.29 is 24.0 Å². The van der Waals surface area contributed by atoms with Gasteiger partial charge < -0.3 is 15.4 Å². The van der Waals surface area contributed by atoms with E-state index in [0.717, 1.165) is 11.3 Å². The highest BCUT2D eigenvalue weighted by Crippen LogP contribution is 2.30. The number of benzene rings is 2. The van der Waals surface area contributed by atoms with Crippen LogP contribution in [0.25, 0.3) is 0 Å². The Morgan fingerprint density at radius 2 is 1.69 bits per heavy atom. The van der Waals surface area contributed by atoms with Crippen LogP contribution in [-0.2, 0) is 11.3 Å². The van der Waals surface area contributed by atoms with Gasteiger partial charge in [-0.15, -0.1) is 11.3 Å². The summed E-state index contributed by atoms with van der Waals surface area (Å²) in [6, 6.07) is 11.0. The van der Waals surface area contributed by atoms with E-state index in [0.29, 0.717) is 14.8 Å². The fourth-order valence-corrected chi connectivity index (χ4v) is 4.26. The molecular weight excluding hydrogens is 529 g/mol. The quantitative estimate of drug-likeness (QED) is 0.208.